The molecule has 3 aromatic rings. The van der Waals surface area contributed by atoms with Crippen molar-refractivity contribution in [2.24, 2.45) is 0 Å². The molecular weight excluding hydrogens is 346 g/mol. The number of esters is 1. The van der Waals surface area contributed by atoms with Crippen molar-refractivity contribution in [3.63, 3.8) is 0 Å². The van der Waals surface area contributed by atoms with Gasteiger partial charge in [0.15, 0.2) is 6.61 Å². The molecule has 0 bridgehead atoms. The highest BCUT2D eigenvalue weighted by Crippen LogP contribution is 2.27. The first-order chi connectivity index (χ1) is 13.0. The number of hydrogen-bond donors (Lipinski definition) is 1. The fraction of sp³-hybridized carbons (Fsp3) is 0.238. The summed E-state index contributed by atoms with van der Waals surface area (Å²) in [6.45, 7) is 3.75. The molecule has 1 heterocycles. The molecule has 0 aliphatic rings. The topological polar surface area (TPSA) is 77.8 Å². The molecule has 6 nitrogen and oxygen atoms in total. The first kappa shape index (κ1) is 18.7. The average Bonchev–Trinajstić information content (AvgIpc) is 3.02. The molecule has 0 radical (unpaired) electrons. The van der Waals surface area contributed by atoms with E-state index in [1.165, 1.54) is 7.11 Å². The van der Waals surface area contributed by atoms with Gasteiger partial charge in [0, 0.05) is 23.7 Å². The Labute approximate surface area is 157 Å². The zero-order chi connectivity index (χ0) is 19.4. The van der Waals surface area contributed by atoms with Gasteiger partial charge in [-0.1, -0.05) is 24.3 Å². The van der Waals surface area contributed by atoms with Crippen LogP contribution in [0.4, 0.5) is 5.69 Å². The summed E-state index contributed by atoms with van der Waals surface area (Å²) in [6, 6.07) is 12.9. The van der Waals surface area contributed by atoms with Gasteiger partial charge < -0.3 is 19.2 Å². The molecule has 0 aliphatic heterocycles. The molecule has 140 valence electrons. The third kappa shape index (κ3) is 4.17. The summed E-state index contributed by atoms with van der Waals surface area (Å²) in [6.07, 6.45) is 0. The van der Waals surface area contributed by atoms with E-state index in [0.717, 1.165) is 16.5 Å². The average molecular weight is 367 g/mol. The van der Waals surface area contributed by atoms with E-state index in [2.05, 4.69) is 5.32 Å². The Morgan fingerprint density at radius 2 is 1.85 bits per heavy atom. The monoisotopic (exact) mass is 367 g/mol. The van der Waals surface area contributed by atoms with E-state index in [1.54, 1.807) is 12.1 Å². The largest absolute Gasteiger partial charge is 0.450 e. The number of benzene rings is 2. The van der Waals surface area contributed by atoms with E-state index in [0.29, 0.717) is 16.8 Å². The number of amides is 1. The van der Waals surface area contributed by atoms with Gasteiger partial charge in [-0.3, -0.25) is 4.79 Å². The quantitative estimate of drug-likeness (QED) is 0.667. The Balaban J connectivity index is 1.68. The maximum atomic E-state index is 12.4. The van der Waals surface area contributed by atoms with E-state index in [4.69, 9.17) is 13.9 Å². The van der Waals surface area contributed by atoms with Gasteiger partial charge in [0.05, 0.1) is 6.61 Å². The number of aryl methyl sites for hydroxylation is 2. The zero-order valence-electron chi connectivity index (χ0n) is 15.5. The van der Waals surface area contributed by atoms with Crippen molar-refractivity contribution < 1.29 is 23.5 Å². The number of ether oxygens (including phenoxy) is 2. The van der Waals surface area contributed by atoms with Crippen molar-refractivity contribution in [1.29, 1.82) is 0 Å². The Bertz CT molecular complexity index is 989. The highest BCUT2D eigenvalue weighted by Gasteiger charge is 2.22. The molecule has 2 aromatic carbocycles. The lowest BCUT2D eigenvalue weighted by atomic mass is 10.1. The van der Waals surface area contributed by atoms with Gasteiger partial charge in [-0.2, -0.15) is 0 Å². The van der Waals surface area contributed by atoms with Gasteiger partial charge in [-0.15, -0.1) is 0 Å². The van der Waals surface area contributed by atoms with Gasteiger partial charge in [-0.25, -0.2) is 4.79 Å². The van der Waals surface area contributed by atoms with Crippen LogP contribution >= 0.6 is 0 Å². The number of anilines is 1. The van der Waals surface area contributed by atoms with Crippen LogP contribution < -0.4 is 5.32 Å². The molecule has 6 heteroatoms. The molecule has 0 spiro atoms. The van der Waals surface area contributed by atoms with E-state index >= 15 is 0 Å². The van der Waals surface area contributed by atoms with Crippen LogP contribution in [-0.4, -0.2) is 25.6 Å². The number of carbonyl (C=O) groups is 2. The molecule has 0 saturated heterocycles. The highest BCUT2D eigenvalue weighted by molar-refractivity contribution is 5.98. The molecule has 0 aliphatic carbocycles. The molecule has 27 heavy (non-hydrogen) atoms. The number of nitrogens with one attached hydrogen (secondary N) is 1. The number of fused-ring (bicyclic) bond motifs is 1. The van der Waals surface area contributed by atoms with Crippen LogP contribution in [0, 0.1) is 13.8 Å². The molecule has 0 atom stereocenters. The molecule has 1 amide bonds. The van der Waals surface area contributed by atoms with Crippen molar-refractivity contribution in [2.45, 2.75) is 20.5 Å². The van der Waals surface area contributed by atoms with Crippen LogP contribution in [0.5, 0.6) is 0 Å². The number of furan rings is 1. The van der Waals surface area contributed by atoms with Crippen LogP contribution in [0.2, 0.25) is 0 Å². The Morgan fingerprint density at radius 1 is 1.07 bits per heavy atom. The summed E-state index contributed by atoms with van der Waals surface area (Å²) in [4.78, 5) is 24.5. The van der Waals surface area contributed by atoms with Gasteiger partial charge in [0.25, 0.3) is 5.91 Å². The minimum atomic E-state index is -0.700. The maximum Gasteiger partial charge on any atom is 0.375 e. The van der Waals surface area contributed by atoms with E-state index < -0.39 is 18.5 Å². The van der Waals surface area contributed by atoms with Crippen LogP contribution in [-0.2, 0) is 20.9 Å². The lowest BCUT2D eigenvalue weighted by molar-refractivity contribution is -0.119. The van der Waals surface area contributed by atoms with E-state index in [9.17, 15) is 9.59 Å². The van der Waals surface area contributed by atoms with Gasteiger partial charge in [-0.05, 0) is 43.2 Å². The highest BCUT2D eigenvalue weighted by atomic mass is 16.5. The number of para-hydroxylation sites is 1. The lowest BCUT2D eigenvalue weighted by Crippen LogP contribution is -2.21. The molecule has 1 aromatic heterocycles. The summed E-state index contributed by atoms with van der Waals surface area (Å²) in [5, 5.41) is 3.49. The minimum Gasteiger partial charge on any atom is -0.450 e. The number of hydrogen-bond acceptors (Lipinski definition) is 5. The lowest BCUT2D eigenvalue weighted by Gasteiger charge is -2.08. The fourth-order valence-corrected chi connectivity index (χ4v) is 2.76. The van der Waals surface area contributed by atoms with E-state index in [-0.39, 0.29) is 12.4 Å². The Morgan fingerprint density at radius 3 is 2.59 bits per heavy atom. The standard InChI is InChI=1S/C21H21NO5/c1-13-8-9-15(10-14(13)2)22-19(23)12-26-21(24)20-17(11-25-3)16-6-4-5-7-18(16)27-20/h4-10H,11-12H2,1-3H3,(H,22,23). The van der Waals surface area contributed by atoms with Crippen molar-refractivity contribution in [1.82, 2.24) is 0 Å². The van der Waals surface area contributed by atoms with Gasteiger partial charge in [0.2, 0.25) is 5.76 Å². The van der Waals surface area contributed by atoms with Crippen molar-refractivity contribution >= 4 is 28.5 Å². The third-order valence-electron chi connectivity index (χ3n) is 4.30. The van der Waals surface area contributed by atoms with Crippen molar-refractivity contribution in [3.8, 4) is 0 Å². The number of methoxy groups -OCH3 is 1. The van der Waals surface area contributed by atoms with Crippen LogP contribution in [0.1, 0.15) is 27.2 Å². The molecule has 0 fully saturated rings. The summed E-state index contributed by atoms with van der Waals surface area (Å²) >= 11 is 0. The Kier molecular flexibility index (Phi) is 5.57. The SMILES string of the molecule is COCc1c(C(=O)OCC(=O)Nc2ccc(C)c(C)c2)oc2ccccc12. The normalized spacial score (nSPS) is 10.8. The first-order valence-electron chi connectivity index (χ1n) is 8.53. The van der Waals surface area contributed by atoms with E-state index in [1.807, 2.05) is 44.2 Å². The van der Waals surface area contributed by atoms with Gasteiger partial charge >= 0.3 is 5.97 Å². The van der Waals surface area contributed by atoms with Crippen LogP contribution in [0.25, 0.3) is 11.0 Å². The second-order valence-corrected chi connectivity index (χ2v) is 6.26. The molecule has 1 N–H and O–H groups in total. The predicted molar refractivity (Wildman–Crippen MR) is 102 cm³/mol. The first-order valence-corrected chi connectivity index (χ1v) is 8.53. The maximum absolute atomic E-state index is 12.4. The fourth-order valence-electron chi connectivity index (χ4n) is 2.76. The molecular formula is C21H21NO5. The summed E-state index contributed by atoms with van der Waals surface area (Å²) in [5.74, 6) is -1.07. The third-order valence-corrected chi connectivity index (χ3v) is 4.30. The van der Waals surface area contributed by atoms with Gasteiger partial charge in [0.1, 0.15) is 5.58 Å². The second kappa shape index (κ2) is 8.05. The number of carbonyl (C=O) groups excluding carboxylic acids is 2. The van der Waals surface area contributed by atoms with Crippen molar-refractivity contribution in [2.75, 3.05) is 19.0 Å². The Hall–Kier alpha value is -3.12. The molecule has 3 rings (SSSR count). The number of rotatable bonds is 6. The summed E-state index contributed by atoms with van der Waals surface area (Å²) < 4.78 is 15.9. The van der Waals surface area contributed by atoms with Crippen LogP contribution in [0.3, 0.4) is 0 Å². The smallest absolute Gasteiger partial charge is 0.375 e. The molecule has 0 saturated carbocycles. The zero-order valence-corrected chi connectivity index (χ0v) is 15.5. The minimum absolute atomic E-state index is 0.0528. The predicted octanol–water partition coefficient (Wildman–Crippen LogP) is 3.99. The van der Waals surface area contributed by atoms with Crippen molar-refractivity contribution in [3.05, 3.63) is 64.9 Å². The molecule has 0 unspecified atom stereocenters. The summed E-state index contributed by atoms with van der Waals surface area (Å²) in [5.41, 5.74) is 4.03. The summed E-state index contributed by atoms with van der Waals surface area (Å²) in [7, 11) is 1.54. The van der Waals surface area contributed by atoms with Crippen LogP contribution in [0.15, 0.2) is 46.9 Å². The second-order valence-electron chi connectivity index (χ2n) is 6.26.